The second kappa shape index (κ2) is 9.01. The molecule has 2 rings (SSSR count). The quantitative estimate of drug-likeness (QED) is 0.754. The minimum absolute atomic E-state index is 0.0294. The maximum atomic E-state index is 12.7. The van der Waals surface area contributed by atoms with Crippen molar-refractivity contribution in [1.82, 2.24) is 10.3 Å². The van der Waals surface area contributed by atoms with Crippen molar-refractivity contribution in [2.45, 2.75) is 39.8 Å². The van der Waals surface area contributed by atoms with Gasteiger partial charge in [-0.25, -0.2) is 0 Å². The van der Waals surface area contributed by atoms with Gasteiger partial charge >= 0.3 is 0 Å². The number of pyridine rings is 1. The highest BCUT2D eigenvalue weighted by molar-refractivity contribution is 6.31. The van der Waals surface area contributed by atoms with Gasteiger partial charge < -0.3 is 10.1 Å². The van der Waals surface area contributed by atoms with Crippen molar-refractivity contribution in [3.63, 3.8) is 0 Å². The van der Waals surface area contributed by atoms with Crippen LogP contribution >= 0.6 is 11.6 Å². The summed E-state index contributed by atoms with van der Waals surface area (Å²) in [5.74, 6) is 0.681. The molecule has 0 spiro atoms. The zero-order chi connectivity index (χ0) is 19.3. The molecule has 6 heteroatoms. The summed E-state index contributed by atoms with van der Waals surface area (Å²) in [5.41, 5.74) is 2.61. The summed E-state index contributed by atoms with van der Waals surface area (Å²) in [6.07, 6.45) is 1.78. The van der Waals surface area contributed by atoms with Gasteiger partial charge in [-0.3, -0.25) is 15.1 Å². The summed E-state index contributed by atoms with van der Waals surface area (Å²) in [4.78, 5) is 17.2. The van der Waals surface area contributed by atoms with Crippen LogP contribution in [0, 0.1) is 12.8 Å². The third-order valence-electron chi connectivity index (χ3n) is 4.25. The number of hydrogen-bond donors (Lipinski definition) is 2. The van der Waals surface area contributed by atoms with Crippen molar-refractivity contribution in [3.05, 3.63) is 52.8 Å². The molecule has 0 fully saturated rings. The van der Waals surface area contributed by atoms with Crippen LogP contribution in [0.15, 0.2) is 36.5 Å². The SMILES string of the molecule is COc1ccc(Cl)cc1NC(=O)C(C)NC(c1ncccc1C)C(C)C. The number of amides is 1. The van der Waals surface area contributed by atoms with Crippen molar-refractivity contribution >= 4 is 23.2 Å². The number of carbonyl (C=O) groups is 1. The summed E-state index contributed by atoms with van der Waals surface area (Å²) >= 11 is 6.03. The Balaban J connectivity index is 2.15. The molecule has 2 unspecified atom stereocenters. The average molecular weight is 376 g/mol. The molecule has 1 heterocycles. The van der Waals surface area contributed by atoms with Gasteiger partial charge in [0.2, 0.25) is 5.91 Å². The van der Waals surface area contributed by atoms with E-state index in [9.17, 15) is 4.79 Å². The van der Waals surface area contributed by atoms with E-state index in [2.05, 4.69) is 29.5 Å². The molecular weight excluding hydrogens is 350 g/mol. The van der Waals surface area contributed by atoms with Crippen molar-refractivity contribution in [2.75, 3.05) is 12.4 Å². The monoisotopic (exact) mass is 375 g/mol. The van der Waals surface area contributed by atoms with E-state index in [0.29, 0.717) is 16.5 Å². The molecule has 5 nitrogen and oxygen atoms in total. The first-order valence-electron chi connectivity index (χ1n) is 8.65. The van der Waals surface area contributed by atoms with Crippen molar-refractivity contribution in [1.29, 1.82) is 0 Å². The Hall–Kier alpha value is -2.11. The van der Waals surface area contributed by atoms with Crippen LogP contribution in [0.4, 0.5) is 5.69 Å². The molecule has 0 bridgehead atoms. The number of benzene rings is 1. The molecule has 2 aromatic rings. The topological polar surface area (TPSA) is 63.2 Å². The molecule has 140 valence electrons. The van der Waals surface area contributed by atoms with E-state index >= 15 is 0 Å². The molecule has 0 saturated heterocycles. The standard InChI is InChI=1S/C20H26ClN3O2/c1-12(2)18(19-13(3)7-6-10-22-19)23-14(4)20(25)24-16-11-15(21)8-9-17(16)26-5/h6-12,14,18,23H,1-5H3,(H,24,25). The van der Waals surface area contributed by atoms with Crippen molar-refractivity contribution in [2.24, 2.45) is 5.92 Å². The third kappa shape index (κ3) is 4.96. The number of hydrogen-bond acceptors (Lipinski definition) is 4. The van der Waals surface area contributed by atoms with Gasteiger partial charge in [-0.05, 0) is 49.6 Å². The fraction of sp³-hybridized carbons (Fsp3) is 0.400. The lowest BCUT2D eigenvalue weighted by Gasteiger charge is -2.27. The summed E-state index contributed by atoms with van der Waals surface area (Å²) in [5, 5.41) is 6.81. The van der Waals surface area contributed by atoms with Crippen LogP contribution in [0.3, 0.4) is 0 Å². The van der Waals surface area contributed by atoms with E-state index in [0.717, 1.165) is 11.3 Å². The lowest BCUT2D eigenvalue weighted by atomic mass is 9.96. The number of anilines is 1. The number of halogens is 1. The predicted molar refractivity (Wildman–Crippen MR) is 106 cm³/mol. The number of nitrogens with zero attached hydrogens (tertiary/aromatic N) is 1. The number of ether oxygens (including phenoxy) is 1. The number of rotatable bonds is 7. The molecular formula is C20H26ClN3O2. The van der Waals surface area contributed by atoms with E-state index in [-0.39, 0.29) is 17.9 Å². The minimum atomic E-state index is -0.424. The molecule has 1 aromatic carbocycles. The van der Waals surface area contributed by atoms with Gasteiger partial charge in [0.05, 0.1) is 30.6 Å². The van der Waals surface area contributed by atoms with E-state index in [1.807, 2.05) is 26.0 Å². The minimum Gasteiger partial charge on any atom is -0.495 e. The van der Waals surface area contributed by atoms with Gasteiger partial charge in [-0.2, -0.15) is 0 Å². The second-order valence-electron chi connectivity index (χ2n) is 6.65. The summed E-state index contributed by atoms with van der Waals surface area (Å²) < 4.78 is 5.28. The summed E-state index contributed by atoms with van der Waals surface area (Å²) in [7, 11) is 1.55. The molecule has 0 saturated carbocycles. The highest BCUT2D eigenvalue weighted by Gasteiger charge is 2.24. The first-order chi connectivity index (χ1) is 12.3. The van der Waals surface area contributed by atoms with Crippen LogP contribution in [-0.2, 0) is 4.79 Å². The second-order valence-corrected chi connectivity index (χ2v) is 7.09. The Kier molecular flexibility index (Phi) is 7.00. The summed E-state index contributed by atoms with van der Waals surface area (Å²) in [6, 6.07) is 8.61. The van der Waals surface area contributed by atoms with Gasteiger partial charge in [0.15, 0.2) is 0 Å². The van der Waals surface area contributed by atoms with Crippen LogP contribution in [-0.4, -0.2) is 24.0 Å². The first-order valence-corrected chi connectivity index (χ1v) is 9.03. The number of aromatic nitrogens is 1. The summed E-state index contributed by atoms with van der Waals surface area (Å²) in [6.45, 7) is 8.08. The van der Waals surface area contributed by atoms with E-state index < -0.39 is 6.04 Å². The number of methoxy groups -OCH3 is 1. The highest BCUT2D eigenvalue weighted by atomic mass is 35.5. The maximum absolute atomic E-state index is 12.7. The highest BCUT2D eigenvalue weighted by Crippen LogP contribution is 2.28. The molecule has 2 atom stereocenters. The van der Waals surface area contributed by atoms with Gasteiger partial charge in [0, 0.05) is 11.2 Å². The van der Waals surface area contributed by atoms with Crippen molar-refractivity contribution in [3.8, 4) is 5.75 Å². The van der Waals surface area contributed by atoms with Gasteiger partial charge in [-0.15, -0.1) is 0 Å². The fourth-order valence-corrected chi connectivity index (χ4v) is 2.95. The first kappa shape index (κ1) is 20.2. The van der Waals surface area contributed by atoms with E-state index in [1.54, 1.807) is 31.5 Å². The van der Waals surface area contributed by atoms with Crippen LogP contribution in [0.5, 0.6) is 5.75 Å². The predicted octanol–water partition coefficient (Wildman–Crippen LogP) is 4.37. The molecule has 2 N–H and O–H groups in total. The Bertz CT molecular complexity index is 764. The third-order valence-corrected chi connectivity index (χ3v) is 4.49. The molecule has 26 heavy (non-hydrogen) atoms. The number of nitrogens with one attached hydrogen (secondary N) is 2. The van der Waals surface area contributed by atoms with Gasteiger partial charge in [-0.1, -0.05) is 31.5 Å². The normalized spacial score (nSPS) is 13.3. The van der Waals surface area contributed by atoms with Crippen LogP contribution in [0.1, 0.15) is 38.1 Å². The zero-order valence-electron chi connectivity index (χ0n) is 15.8. The number of aryl methyl sites for hydroxylation is 1. The van der Waals surface area contributed by atoms with Crippen LogP contribution in [0.2, 0.25) is 5.02 Å². The molecule has 0 radical (unpaired) electrons. The zero-order valence-corrected chi connectivity index (χ0v) is 16.6. The lowest BCUT2D eigenvalue weighted by Crippen LogP contribution is -2.42. The average Bonchev–Trinajstić information content (AvgIpc) is 2.60. The molecule has 0 aliphatic rings. The van der Waals surface area contributed by atoms with E-state index in [1.165, 1.54) is 0 Å². The Morgan fingerprint density at radius 1 is 1.23 bits per heavy atom. The number of carbonyl (C=O) groups excluding carboxylic acids is 1. The largest absolute Gasteiger partial charge is 0.495 e. The fourth-order valence-electron chi connectivity index (χ4n) is 2.77. The Labute approximate surface area is 160 Å². The molecule has 0 aliphatic carbocycles. The Morgan fingerprint density at radius 3 is 2.58 bits per heavy atom. The van der Waals surface area contributed by atoms with Crippen LogP contribution < -0.4 is 15.4 Å². The van der Waals surface area contributed by atoms with Crippen molar-refractivity contribution < 1.29 is 9.53 Å². The Morgan fingerprint density at radius 2 is 1.96 bits per heavy atom. The molecule has 1 amide bonds. The molecule has 0 aliphatic heterocycles. The van der Waals surface area contributed by atoms with Gasteiger partial charge in [0.25, 0.3) is 0 Å². The smallest absolute Gasteiger partial charge is 0.241 e. The maximum Gasteiger partial charge on any atom is 0.241 e. The molecule has 1 aromatic heterocycles. The van der Waals surface area contributed by atoms with Gasteiger partial charge in [0.1, 0.15) is 5.75 Å². The van der Waals surface area contributed by atoms with E-state index in [4.69, 9.17) is 16.3 Å². The lowest BCUT2D eigenvalue weighted by molar-refractivity contribution is -0.118. The van der Waals surface area contributed by atoms with Crippen LogP contribution in [0.25, 0.3) is 0 Å².